The number of carbonyl (C=O) groups is 1. The van der Waals surface area contributed by atoms with Gasteiger partial charge in [0.25, 0.3) is 5.91 Å². The van der Waals surface area contributed by atoms with Gasteiger partial charge in [-0.3, -0.25) is 4.79 Å². The van der Waals surface area contributed by atoms with Gasteiger partial charge in [0.05, 0.1) is 0 Å². The highest BCUT2D eigenvalue weighted by molar-refractivity contribution is 6.32. The molecule has 1 aromatic heterocycles. The molecule has 1 amide bonds. The van der Waals surface area contributed by atoms with E-state index >= 15 is 0 Å². The summed E-state index contributed by atoms with van der Waals surface area (Å²) in [6.07, 6.45) is 0. The van der Waals surface area contributed by atoms with Gasteiger partial charge in [0.15, 0.2) is 0 Å². The zero-order valence-electron chi connectivity index (χ0n) is 11.1. The van der Waals surface area contributed by atoms with E-state index in [4.69, 9.17) is 4.42 Å². The Morgan fingerprint density at radius 2 is 1.86 bits per heavy atom. The maximum atomic E-state index is 12.8. The molecule has 0 unspecified atom stereocenters. The number of hydrogen-bond acceptors (Lipinski definition) is 2. The molecule has 0 bridgehead atoms. The fourth-order valence-corrected chi connectivity index (χ4v) is 2.56. The topological polar surface area (TPSA) is 42.2 Å². The Hall–Kier alpha value is -2.09. The molecule has 2 aromatic carbocycles. The predicted octanol–water partition coefficient (Wildman–Crippen LogP) is 2.30. The fourth-order valence-electron chi connectivity index (χ4n) is 2.17. The number of rotatable bonds is 3. The zero-order chi connectivity index (χ0) is 14.8. The first-order chi connectivity index (χ1) is 10.1. The Labute approximate surface area is 129 Å². The van der Waals surface area contributed by atoms with E-state index in [0.717, 1.165) is 16.5 Å². The van der Waals surface area contributed by atoms with Crippen molar-refractivity contribution in [3.63, 3.8) is 0 Å². The molecule has 3 rings (SSSR count). The molecule has 0 fully saturated rings. The minimum atomic E-state index is -0.361. The lowest BCUT2D eigenvalue weighted by molar-refractivity contribution is 0.0951. The van der Waals surface area contributed by atoms with Crippen LogP contribution in [0.1, 0.15) is 15.9 Å². The van der Waals surface area contributed by atoms with Crippen LogP contribution in [-0.2, 0) is 6.54 Å². The maximum absolute atomic E-state index is 12.8. The van der Waals surface area contributed by atoms with Crippen LogP contribution in [0, 0.1) is 5.82 Å². The molecule has 3 nitrogen and oxygen atoms in total. The number of furan rings is 1. The Morgan fingerprint density at radius 1 is 1.14 bits per heavy atom. The van der Waals surface area contributed by atoms with Crippen molar-refractivity contribution in [3.8, 4) is 0 Å². The summed E-state index contributed by atoms with van der Waals surface area (Å²) in [5.74, 6) is -0.607. The number of halogens is 1. The van der Waals surface area contributed by atoms with Gasteiger partial charge in [-0.05, 0) is 35.9 Å². The van der Waals surface area contributed by atoms with Gasteiger partial charge < -0.3 is 9.73 Å². The van der Waals surface area contributed by atoms with Gasteiger partial charge in [0.1, 0.15) is 11.4 Å². The zero-order valence-corrected chi connectivity index (χ0v) is 12.3. The second kappa shape index (κ2) is 5.73. The average molecular weight is 295 g/mol. The summed E-state index contributed by atoms with van der Waals surface area (Å²) >= 11 is 2.53. The predicted molar refractivity (Wildman–Crippen MR) is 79.2 cm³/mol. The highest BCUT2D eigenvalue weighted by Gasteiger charge is 2.11. The van der Waals surface area contributed by atoms with Crippen LogP contribution in [0.2, 0.25) is 0 Å². The van der Waals surface area contributed by atoms with Gasteiger partial charge in [0.2, 0.25) is 16.3 Å². The molecule has 0 spiro atoms. The smallest absolute Gasteiger partial charge is 0.251 e. The lowest BCUT2D eigenvalue weighted by Crippen LogP contribution is -2.25. The Bertz CT molecular complexity index is 796. The van der Waals surface area contributed by atoms with Crippen LogP contribution in [0.3, 0.4) is 0 Å². The Balaban J connectivity index is 1.79. The second-order valence-corrected chi connectivity index (χ2v) is 5.15. The largest absolute Gasteiger partial charge is 0.482 e. The number of fused-ring (bicyclic) bond motifs is 1. The molecule has 21 heavy (non-hydrogen) atoms. The summed E-state index contributed by atoms with van der Waals surface area (Å²) in [6.45, 7) is 0.353. The minimum Gasteiger partial charge on any atom is -0.482 e. The molecule has 1 N–H and O–H groups in total. The molecule has 0 saturated heterocycles. The van der Waals surface area contributed by atoms with Crippen molar-refractivity contribution in [2.75, 3.05) is 0 Å². The standard InChI is InChI=1S/C16H11FNO2.Al/c17-13-7-5-11(6-8-13)16(19)18-9-12-10-20-15-4-2-1-3-14(12)15;/h1-8H,9H2,(H,18,19);. The van der Waals surface area contributed by atoms with Gasteiger partial charge >= 0.3 is 0 Å². The first kappa shape index (κ1) is 13.9. The van der Waals surface area contributed by atoms with Gasteiger partial charge in [-0.2, -0.15) is 0 Å². The third-order valence-electron chi connectivity index (χ3n) is 3.26. The van der Waals surface area contributed by atoms with Crippen LogP contribution >= 0.6 is 0 Å². The van der Waals surface area contributed by atoms with E-state index in [1.165, 1.54) is 24.3 Å². The molecule has 5 heteroatoms. The van der Waals surface area contributed by atoms with Crippen LogP contribution < -0.4 is 9.94 Å². The Kier molecular flexibility index (Phi) is 3.78. The van der Waals surface area contributed by atoms with Crippen LogP contribution in [0.25, 0.3) is 11.0 Å². The molecule has 3 aromatic rings. The second-order valence-electron chi connectivity index (χ2n) is 4.63. The van der Waals surface area contributed by atoms with E-state index in [1.807, 2.05) is 24.3 Å². The van der Waals surface area contributed by atoms with Gasteiger partial charge in [-0.1, -0.05) is 18.2 Å². The van der Waals surface area contributed by atoms with E-state index in [-0.39, 0.29) is 11.7 Å². The van der Waals surface area contributed by atoms with E-state index in [2.05, 4.69) is 21.6 Å². The monoisotopic (exact) mass is 295 g/mol. The summed E-state index contributed by atoms with van der Waals surface area (Å²) < 4.78 is 19.2. The summed E-state index contributed by atoms with van der Waals surface area (Å²) in [5, 5.41) is 3.79. The first-order valence-corrected chi connectivity index (χ1v) is 7.02. The lowest BCUT2D eigenvalue weighted by Gasteiger charge is -2.05. The number of nitrogens with one attached hydrogen (secondary N) is 1. The van der Waals surface area contributed by atoms with Crippen LogP contribution in [0.4, 0.5) is 4.39 Å². The SMILES string of the molecule is O=C(NCc1[c]([Al])oc2ccccc12)c1ccc(F)cc1. The molecule has 0 aliphatic carbocycles. The normalized spacial score (nSPS) is 10.7. The number of hydrogen-bond donors (Lipinski definition) is 1. The molecule has 0 atom stereocenters. The lowest BCUT2D eigenvalue weighted by atomic mass is 10.1. The summed E-state index contributed by atoms with van der Waals surface area (Å²) in [4.78, 5) is 12.0. The van der Waals surface area contributed by atoms with Crippen molar-refractivity contribution in [2.24, 2.45) is 0 Å². The molecule has 0 saturated carbocycles. The van der Waals surface area contributed by atoms with E-state index < -0.39 is 0 Å². The van der Waals surface area contributed by atoms with Crippen LogP contribution in [0.5, 0.6) is 0 Å². The van der Waals surface area contributed by atoms with E-state index in [1.54, 1.807) is 0 Å². The summed E-state index contributed by atoms with van der Waals surface area (Å²) in [5.41, 5.74) is 2.13. The molecular weight excluding hydrogens is 284 g/mol. The Morgan fingerprint density at radius 3 is 2.62 bits per heavy atom. The van der Waals surface area contributed by atoms with Crippen molar-refractivity contribution in [3.05, 3.63) is 65.5 Å². The van der Waals surface area contributed by atoms with Crippen LogP contribution in [-0.4, -0.2) is 22.2 Å². The van der Waals surface area contributed by atoms with Crippen molar-refractivity contribution in [2.45, 2.75) is 6.54 Å². The quantitative estimate of drug-likeness (QED) is 0.753. The molecular formula is C16H11AlFNO2. The van der Waals surface area contributed by atoms with Gasteiger partial charge in [-0.15, -0.1) is 0 Å². The average Bonchev–Trinajstić information content (AvgIpc) is 2.81. The highest BCUT2D eigenvalue weighted by atomic mass is 27.0. The molecule has 102 valence electrons. The maximum Gasteiger partial charge on any atom is 0.251 e. The van der Waals surface area contributed by atoms with Crippen molar-refractivity contribution in [1.29, 1.82) is 0 Å². The van der Waals surface area contributed by atoms with E-state index in [0.29, 0.717) is 16.7 Å². The molecule has 0 aliphatic heterocycles. The van der Waals surface area contributed by atoms with Gasteiger partial charge in [0, 0.05) is 22.1 Å². The number of amides is 1. The van der Waals surface area contributed by atoms with E-state index in [9.17, 15) is 9.18 Å². The minimum absolute atomic E-state index is 0.246. The molecule has 0 aliphatic rings. The van der Waals surface area contributed by atoms with Crippen LogP contribution in [0.15, 0.2) is 52.9 Å². The van der Waals surface area contributed by atoms with Crippen molar-refractivity contribution in [1.82, 2.24) is 5.32 Å². The van der Waals surface area contributed by atoms with Crippen molar-refractivity contribution < 1.29 is 13.6 Å². The molecule has 2 radical (unpaired) electrons. The van der Waals surface area contributed by atoms with Gasteiger partial charge in [-0.25, -0.2) is 4.39 Å². The van der Waals surface area contributed by atoms with Crippen molar-refractivity contribution >= 4 is 37.8 Å². The number of carbonyl (C=O) groups excluding carboxylic acids is 1. The summed E-state index contributed by atoms with van der Waals surface area (Å²) in [6, 6.07) is 13.1. The number of benzene rings is 2. The first-order valence-electron chi connectivity index (χ1n) is 6.45. The summed E-state index contributed by atoms with van der Waals surface area (Å²) in [7, 11) is 0. The molecule has 1 heterocycles. The highest BCUT2D eigenvalue weighted by Crippen LogP contribution is 2.18. The number of para-hydroxylation sites is 1. The third kappa shape index (κ3) is 2.85. The third-order valence-corrected chi connectivity index (χ3v) is 3.73. The fraction of sp³-hybridized carbons (Fsp3) is 0.0625.